The van der Waals surface area contributed by atoms with Crippen LogP contribution in [0.25, 0.3) is 0 Å². The van der Waals surface area contributed by atoms with Crippen LogP contribution < -0.4 is 11.1 Å². The van der Waals surface area contributed by atoms with Crippen LogP contribution in [0.4, 0.5) is 5.69 Å². The van der Waals surface area contributed by atoms with Crippen molar-refractivity contribution in [2.24, 2.45) is 5.73 Å². The zero-order valence-corrected chi connectivity index (χ0v) is 12.0. The number of anilines is 1. The zero-order chi connectivity index (χ0) is 15.2. The lowest BCUT2D eigenvalue weighted by atomic mass is 10.1. The molecular formula is C16H16N4O. The molecule has 0 aliphatic heterocycles. The molecular weight excluding hydrogens is 264 g/mol. The van der Waals surface area contributed by atoms with Gasteiger partial charge in [-0.25, -0.2) is 4.98 Å². The number of hydrogen-bond acceptors (Lipinski definition) is 4. The summed E-state index contributed by atoms with van der Waals surface area (Å²) in [5, 5.41) is 2.81. The zero-order valence-electron chi connectivity index (χ0n) is 12.0. The van der Waals surface area contributed by atoms with Gasteiger partial charge in [0, 0.05) is 17.4 Å². The van der Waals surface area contributed by atoms with Gasteiger partial charge in [0.25, 0.3) is 5.91 Å². The standard InChI is InChI=1S/C16H16N4O/c1-11-8-13(4-3-7-17)5-6-14(11)20-16(21)15-10-18-12(2)9-19-15/h5-6,8-10H,7,17H2,1-2H3,(H,20,21). The largest absolute Gasteiger partial charge is 0.320 e. The molecule has 0 unspecified atom stereocenters. The summed E-state index contributed by atoms with van der Waals surface area (Å²) in [4.78, 5) is 20.2. The van der Waals surface area contributed by atoms with Crippen LogP contribution in [0.3, 0.4) is 0 Å². The average molecular weight is 280 g/mol. The third-order valence-corrected chi connectivity index (χ3v) is 2.82. The van der Waals surface area contributed by atoms with E-state index in [0.29, 0.717) is 6.54 Å². The van der Waals surface area contributed by atoms with E-state index in [0.717, 1.165) is 22.5 Å². The van der Waals surface area contributed by atoms with Crippen molar-refractivity contribution in [3.05, 3.63) is 53.1 Å². The minimum absolute atomic E-state index is 0.284. The fraction of sp³-hybridized carbons (Fsp3) is 0.188. The number of aryl methyl sites for hydroxylation is 2. The number of nitrogens with one attached hydrogen (secondary N) is 1. The normalized spacial score (nSPS) is 9.67. The Morgan fingerprint density at radius 1 is 1.29 bits per heavy atom. The number of benzene rings is 1. The van der Waals surface area contributed by atoms with E-state index in [1.165, 1.54) is 6.20 Å². The number of carbonyl (C=O) groups excluding carboxylic acids is 1. The second-order valence-electron chi connectivity index (χ2n) is 4.53. The molecule has 0 saturated heterocycles. The van der Waals surface area contributed by atoms with Crippen LogP contribution in [0.15, 0.2) is 30.6 Å². The summed E-state index contributed by atoms with van der Waals surface area (Å²) in [6.07, 6.45) is 3.02. The lowest BCUT2D eigenvalue weighted by molar-refractivity contribution is 0.102. The second-order valence-corrected chi connectivity index (χ2v) is 4.53. The van der Waals surface area contributed by atoms with Crippen LogP contribution in [-0.2, 0) is 0 Å². The topological polar surface area (TPSA) is 80.9 Å². The van der Waals surface area contributed by atoms with E-state index < -0.39 is 0 Å². The summed E-state index contributed by atoms with van der Waals surface area (Å²) in [6, 6.07) is 5.56. The third-order valence-electron chi connectivity index (χ3n) is 2.82. The van der Waals surface area contributed by atoms with Gasteiger partial charge in [-0.2, -0.15) is 0 Å². The molecule has 5 heteroatoms. The van der Waals surface area contributed by atoms with Gasteiger partial charge in [-0.05, 0) is 37.6 Å². The summed E-state index contributed by atoms with van der Waals surface area (Å²) < 4.78 is 0. The van der Waals surface area contributed by atoms with Crippen molar-refractivity contribution >= 4 is 11.6 Å². The van der Waals surface area contributed by atoms with E-state index in [1.807, 2.05) is 32.0 Å². The Balaban J connectivity index is 2.16. The lowest BCUT2D eigenvalue weighted by Crippen LogP contribution is -2.15. The van der Waals surface area contributed by atoms with Gasteiger partial charge in [-0.3, -0.25) is 9.78 Å². The molecule has 0 aliphatic carbocycles. The quantitative estimate of drug-likeness (QED) is 0.820. The first kappa shape index (κ1) is 14.7. The molecule has 0 bridgehead atoms. The molecule has 0 fully saturated rings. The van der Waals surface area contributed by atoms with E-state index in [2.05, 4.69) is 27.1 Å². The van der Waals surface area contributed by atoms with E-state index >= 15 is 0 Å². The van der Waals surface area contributed by atoms with E-state index in [-0.39, 0.29) is 11.6 Å². The lowest BCUT2D eigenvalue weighted by Gasteiger charge is -2.08. The fourth-order valence-electron chi connectivity index (χ4n) is 1.73. The van der Waals surface area contributed by atoms with Crippen molar-refractivity contribution in [2.75, 3.05) is 11.9 Å². The number of hydrogen-bond donors (Lipinski definition) is 2. The van der Waals surface area contributed by atoms with Crippen LogP contribution in [-0.4, -0.2) is 22.4 Å². The Morgan fingerprint density at radius 2 is 2.10 bits per heavy atom. The summed E-state index contributed by atoms with van der Waals surface area (Å²) in [5.41, 5.74) is 8.91. The van der Waals surface area contributed by atoms with Gasteiger partial charge < -0.3 is 11.1 Å². The number of rotatable bonds is 2. The predicted octanol–water partition coefficient (Wildman–Crippen LogP) is 1.66. The molecule has 1 aromatic heterocycles. The Kier molecular flexibility index (Phi) is 4.64. The number of nitrogens with two attached hydrogens (primary N) is 1. The van der Waals surface area contributed by atoms with Gasteiger partial charge in [0.05, 0.1) is 18.4 Å². The summed E-state index contributed by atoms with van der Waals surface area (Å²) in [7, 11) is 0. The molecule has 21 heavy (non-hydrogen) atoms. The molecule has 2 aromatic rings. The maximum atomic E-state index is 12.1. The monoisotopic (exact) mass is 280 g/mol. The molecule has 0 atom stereocenters. The highest BCUT2D eigenvalue weighted by Crippen LogP contribution is 2.16. The van der Waals surface area contributed by atoms with Crippen LogP contribution >= 0.6 is 0 Å². The highest BCUT2D eigenvalue weighted by atomic mass is 16.1. The number of nitrogens with zero attached hydrogens (tertiary/aromatic N) is 2. The molecule has 0 spiro atoms. The predicted molar refractivity (Wildman–Crippen MR) is 81.8 cm³/mol. The SMILES string of the molecule is Cc1cnc(C(=O)Nc2ccc(C#CCN)cc2C)cn1. The Bertz CT molecular complexity index is 711. The van der Waals surface area contributed by atoms with Gasteiger partial charge in [-0.15, -0.1) is 0 Å². The first-order chi connectivity index (χ1) is 10.1. The average Bonchev–Trinajstić information content (AvgIpc) is 2.48. The Morgan fingerprint density at radius 3 is 2.71 bits per heavy atom. The highest BCUT2D eigenvalue weighted by molar-refractivity contribution is 6.03. The number of amides is 1. The van der Waals surface area contributed by atoms with Crippen molar-refractivity contribution in [3.8, 4) is 11.8 Å². The van der Waals surface area contributed by atoms with Gasteiger partial charge >= 0.3 is 0 Å². The first-order valence-corrected chi connectivity index (χ1v) is 6.49. The fourth-order valence-corrected chi connectivity index (χ4v) is 1.73. The van der Waals surface area contributed by atoms with Gasteiger partial charge in [0.1, 0.15) is 5.69 Å². The highest BCUT2D eigenvalue weighted by Gasteiger charge is 2.09. The van der Waals surface area contributed by atoms with Crippen LogP contribution in [0.1, 0.15) is 27.3 Å². The molecule has 1 amide bonds. The smallest absolute Gasteiger partial charge is 0.275 e. The first-order valence-electron chi connectivity index (χ1n) is 6.49. The van der Waals surface area contributed by atoms with Gasteiger partial charge in [-0.1, -0.05) is 11.8 Å². The van der Waals surface area contributed by atoms with E-state index in [9.17, 15) is 4.79 Å². The second kappa shape index (κ2) is 6.64. The molecule has 1 aromatic carbocycles. The van der Waals surface area contributed by atoms with Gasteiger partial charge in [0.2, 0.25) is 0 Å². The summed E-state index contributed by atoms with van der Waals surface area (Å²) >= 11 is 0. The van der Waals surface area contributed by atoms with Crippen molar-refractivity contribution in [3.63, 3.8) is 0 Å². The summed E-state index contributed by atoms with van der Waals surface area (Å²) in [5.74, 6) is 5.46. The van der Waals surface area contributed by atoms with Gasteiger partial charge in [0.15, 0.2) is 0 Å². The Labute approximate surface area is 123 Å². The van der Waals surface area contributed by atoms with Crippen LogP contribution in [0.2, 0.25) is 0 Å². The number of aromatic nitrogens is 2. The van der Waals surface area contributed by atoms with Crippen molar-refractivity contribution in [1.29, 1.82) is 0 Å². The van der Waals surface area contributed by atoms with Crippen LogP contribution in [0.5, 0.6) is 0 Å². The van der Waals surface area contributed by atoms with Crippen molar-refractivity contribution in [2.45, 2.75) is 13.8 Å². The van der Waals surface area contributed by atoms with Crippen LogP contribution in [0, 0.1) is 25.7 Å². The molecule has 0 radical (unpaired) electrons. The van der Waals surface area contributed by atoms with E-state index in [1.54, 1.807) is 6.20 Å². The molecule has 0 aliphatic rings. The minimum Gasteiger partial charge on any atom is -0.320 e. The molecule has 3 N–H and O–H groups in total. The van der Waals surface area contributed by atoms with Crippen molar-refractivity contribution < 1.29 is 4.79 Å². The van der Waals surface area contributed by atoms with E-state index in [4.69, 9.17) is 5.73 Å². The molecule has 0 saturated carbocycles. The third kappa shape index (κ3) is 3.88. The molecule has 2 rings (SSSR count). The summed E-state index contributed by atoms with van der Waals surface area (Å²) in [6.45, 7) is 4.05. The Hall–Kier alpha value is -2.71. The minimum atomic E-state index is -0.286. The number of carbonyl (C=O) groups is 1. The van der Waals surface area contributed by atoms with Crippen molar-refractivity contribution in [1.82, 2.24) is 9.97 Å². The maximum Gasteiger partial charge on any atom is 0.275 e. The molecule has 106 valence electrons. The maximum absolute atomic E-state index is 12.1. The molecule has 1 heterocycles. The molecule has 5 nitrogen and oxygen atoms in total.